The molecule has 1 aromatic carbocycles. The van der Waals surface area contributed by atoms with E-state index in [1.807, 2.05) is 0 Å². The summed E-state index contributed by atoms with van der Waals surface area (Å²) in [5, 5.41) is 11.0. The second-order valence-corrected chi connectivity index (χ2v) is 8.10. The summed E-state index contributed by atoms with van der Waals surface area (Å²) in [5.74, 6) is -6.05. The molecule has 1 N–H and O–H groups in total. The van der Waals surface area contributed by atoms with Gasteiger partial charge in [-0.1, -0.05) is 29.3 Å². The zero-order chi connectivity index (χ0) is 24.8. The number of anilines is 1. The summed E-state index contributed by atoms with van der Waals surface area (Å²) in [7, 11) is 0. The number of rotatable bonds is 5. The summed E-state index contributed by atoms with van der Waals surface area (Å²) in [6, 6.07) is 6.61. The van der Waals surface area contributed by atoms with Crippen LogP contribution in [0.2, 0.25) is 10.0 Å². The van der Waals surface area contributed by atoms with Gasteiger partial charge in [0.25, 0.3) is 5.91 Å². The number of benzene rings is 1. The van der Waals surface area contributed by atoms with Crippen LogP contribution in [0.25, 0.3) is 5.65 Å². The Kier molecular flexibility index (Phi) is 5.98. The summed E-state index contributed by atoms with van der Waals surface area (Å²) in [6.07, 6.45) is -3.04. The number of aromatic nitrogens is 5. The van der Waals surface area contributed by atoms with Gasteiger partial charge >= 0.3 is 12.1 Å². The third kappa shape index (κ3) is 4.55. The van der Waals surface area contributed by atoms with Gasteiger partial charge in [0, 0.05) is 18.0 Å². The van der Waals surface area contributed by atoms with Gasteiger partial charge in [-0.3, -0.25) is 9.48 Å². The van der Waals surface area contributed by atoms with Crippen molar-refractivity contribution in [1.82, 2.24) is 24.4 Å². The van der Waals surface area contributed by atoms with Gasteiger partial charge in [-0.15, -0.1) is 0 Å². The van der Waals surface area contributed by atoms with Crippen LogP contribution in [-0.2, 0) is 12.5 Å². The largest absolute Gasteiger partial charge is 0.459 e. The zero-order valence-electron chi connectivity index (χ0n) is 17.0. The van der Waals surface area contributed by atoms with Crippen LogP contribution >= 0.6 is 23.2 Å². The fraction of sp³-hybridized carbons (Fsp3) is 0.200. The summed E-state index contributed by atoms with van der Waals surface area (Å²) in [6.45, 7) is 1.56. The number of hydrogen-bond donors (Lipinski definition) is 1. The first-order chi connectivity index (χ1) is 15.8. The van der Waals surface area contributed by atoms with Gasteiger partial charge in [0.2, 0.25) is 0 Å². The molecule has 0 bridgehead atoms. The number of amides is 1. The van der Waals surface area contributed by atoms with Gasteiger partial charge in [-0.2, -0.15) is 32.1 Å². The minimum Gasteiger partial charge on any atom is -0.318 e. The molecule has 7 nitrogen and oxygen atoms in total. The molecule has 14 heteroatoms. The predicted molar refractivity (Wildman–Crippen MR) is 113 cm³/mol. The normalized spacial score (nSPS) is 12.4. The number of nitrogens with one attached hydrogen (secondary N) is 1. The Morgan fingerprint density at radius 1 is 1.09 bits per heavy atom. The number of halogens is 7. The second kappa shape index (κ2) is 8.51. The monoisotopic (exact) mass is 518 g/mol. The Hall–Kier alpha value is -3.25. The molecule has 0 aliphatic carbocycles. The van der Waals surface area contributed by atoms with E-state index >= 15 is 0 Å². The van der Waals surface area contributed by atoms with Crippen molar-refractivity contribution < 1.29 is 26.7 Å². The van der Waals surface area contributed by atoms with E-state index in [0.29, 0.717) is 27.2 Å². The molecule has 3 aromatic heterocycles. The van der Waals surface area contributed by atoms with Crippen molar-refractivity contribution in [1.29, 1.82) is 0 Å². The van der Waals surface area contributed by atoms with Crippen molar-refractivity contribution in [2.75, 3.05) is 5.32 Å². The molecule has 178 valence electrons. The van der Waals surface area contributed by atoms with E-state index in [4.69, 9.17) is 23.2 Å². The van der Waals surface area contributed by atoms with Crippen molar-refractivity contribution in [2.24, 2.45) is 0 Å². The molecule has 0 unspecified atom stereocenters. The van der Waals surface area contributed by atoms with E-state index in [-0.39, 0.29) is 17.0 Å². The van der Waals surface area contributed by atoms with Crippen LogP contribution in [0.5, 0.6) is 0 Å². The van der Waals surface area contributed by atoms with Gasteiger partial charge in [-0.05, 0) is 30.7 Å². The molecule has 0 saturated carbocycles. The number of carbonyl (C=O) groups is 1. The molecule has 0 saturated heterocycles. The van der Waals surface area contributed by atoms with E-state index in [9.17, 15) is 26.7 Å². The number of aryl methyl sites for hydroxylation is 1. The standard InChI is InChI=1S/C20H13Cl2F5N6O/c1-10-4-16(19(23,24)20(25,26)27)33-17(29-10)6-15(31-33)18(34)30-12-7-28-32(9-12)8-11-2-3-13(21)14(22)5-11/h2-7,9H,8H2,1H3,(H,30,34). The fourth-order valence-corrected chi connectivity index (χ4v) is 3.44. The van der Waals surface area contributed by atoms with E-state index in [1.54, 1.807) is 18.2 Å². The highest BCUT2D eigenvalue weighted by atomic mass is 35.5. The number of hydrogen-bond acceptors (Lipinski definition) is 4. The van der Waals surface area contributed by atoms with Crippen molar-refractivity contribution in [3.05, 3.63) is 75.4 Å². The van der Waals surface area contributed by atoms with Gasteiger partial charge in [-0.25, -0.2) is 9.50 Å². The highest BCUT2D eigenvalue weighted by molar-refractivity contribution is 6.42. The number of alkyl halides is 5. The fourth-order valence-electron chi connectivity index (χ4n) is 3.11. The Labute approximate surface area is 198 Å². The van der Waals surface area contributed by atoms with E-state index < -0.39 is 29.4 Å². The van der Waals surface area contributed by atoms with Crippen LogP contribution in [0.1, 0.15) is 27.4 Å². The van der Waals surface area contributed by atoms with Crippen LogP contribution in [-0.4, -0.2) is 36.5 Å². The molecule has 4 aromatic rings. The molecule has 4 rings (SSSR count). The van der Waals surface area contributed by atoms with Crippen LogP contribution in [0.4, 0.5) is 27.6 Å². The molecule has 0 atom stereocenters. The Morgan fingerprint density at radius 3 is 2.50 bits per heavy atom. The lowest BCUT2D eigenvalue weighted by atomic mass is 10.2. The Balaban J connectivity index is 1.57. The Bertz CT molecular complexity index is 1400. The zero-order valence-corrected chi connectivity index (χ0v) is 18.6. The third-order valence-electron chi connectivity index (χ3n) is 4.69. The Morgan fingerprint density at radius 2 is 1.82 bits per heavy atom. The lowest BCUT2D eigenvalue weighted by Crippen LogP contribution is -2.36. The number of nitrogens with zero attached hydrogens (tertiary/aromatic N) is 5. The first kappa shape index (κ1) is 23.9. The molecule has 0 aliphatic rings. The molecule has 1 amide bonds. The molecule has 34 heavy (non-hydrogen) atoms. The second-order valence-electron chi connectivity index (χ2n) is 7.28. The third-order valence-corrected chi connectivity index (χ3v) is 5.42. The van der Waals surface area contributed by atoms with Crippen molar-refractivity contribution in [3.8, 4) is 0 Å². The van der Waals surface area contributed by atoms with Crippen LogP contribution in [0, 0.1) is 6.92 Å². The maximum Gasteiger partial charge on any atom is 0.459 e. The molecule has 0 aliphatic heterocycles. The molecular weight excluding hydrogens is 506 g/mol. The van der Waals surface area contributed by atoms with Gasteiger partial charge in [0.1, 0.15) is 5.69 Å². The molecule has 3 heterocycles. The molecule has 0 fully saturated rings. The number of fused-ring (bicyclic) bond motifs is 1. The topological polar surface area (TPSA) is 77.1 Å². The van der Waals surface area contributed by atoms with Crippen LogP contribution < -0.4 is 5.32 Å². The highest BCUT2D eigenvalue weighted by Gasteiger charge is 2.60. The van der Waals surface area contributed by atoms with Gasteiger partial charge < -0.3 is 5.32 Å². The minimum atomic E-state index is -5.86. The molecular formula is C20H13Cl2F5N6O. The lowest BCUT2D eigenvalue weighted by Gasteiger charge is -2.20. The summed E-state index contributed by atoms with van der Waals surface area (Å²) in [5.41, 5.74) is -1.26. The van der Waals surface area contributed by atoms with Crippen molar-refractivity contribution in [3.63, 3.8) is 0 Å². The van der Waals surface area contributed by atoms with E-state index in [2.05, 4.69) is 20.5 Å². The van der Waals surface area contributed by atoms with Crippen LogP contribution in [0.3, 0.4) is 0 Å². The predicted octanol–water partition coefficient (Wildman–Crippen LogP) is 5.50. The van der Waals surface area contributed by atoms with Crippen molar-refractivity contribution >= 4 is 40.4 Å². The quantitative estimate of drug-likeness (QED) is 0.354. The average molecular weight is 519 g/mol. The SMILES string of the molecule is Cc1cc(C(F)(F)C(F)(F)F)n2nc(C(=O)Nc3cnn(Cc4ccc(Cl)c(Cl)c4)c3)cc2n1. The first-order valence-electron chi connectivity index (χ1n) is 9.45. The smallest absolute Gasteiger partial charge is 0.318 e. The van der Waals surface area contributed by atoms with Crippen molar-refractivity contribution in [2.45, 2.75) is 25.6 Å². The molecule has 0 spiro atoms. The summed E-state index contributed by atoms with van der Waals surface area (Å²) < 4.78 is 68.6. The van der Waals surface area contributed by atoms with E-state index in [0.717, 1.165) is 11.6 Å². The maximum atomic E-state index is 14.0. The van der Waals surface area contributed by atoms with Gasteiger partial charge in [0.15, 0.2) is 11.3 Å². The highest BCUT2D eigenvalue weighted by Crippen LogP contribution is 2.43. The maximum absolute atomic E-state index is 14.0. The molecule has 0 radical (unpaired) electrons. The van der Waals surface area contributed by atoms with Gasteiger partial charge in [0.05, 0.1) is 28.5 Å². The van der Waals surface area contributed by atoms with E-state index in [1.165, 1.54) is 24.0 Å². The first-order valence-corrected chi connectivity index (χ1v) is 10.2. The summed E-state index contributed by atoms with van der Waals surface area (Å²) >= 11 is 11.9. The summed E-state index contributed by atoms with van der Waals surface area (Å²) in [4.78, 5) is 16.5. The average Bonchev–Trinajstić information content (AvgIpc) is 3.36. The van der Waals surface area contributed by atoms with Crippen LogP contribution in [0.15, 0.2) is 42.7 Å². The lowest BCUT2D eigenvalue weighted by molar-refractivity contribution is -0.291. The number of carbonyl (C=O) groups excluding carboxylic acids is 1. The minimum absolute atomic E-state index is 0.0955.